The van der Waals surface area contributed by atoms with Gasteiger partial charge in [0.1, 0.15) is 11.5 Å². The fourth-order valence-electron chi connectivity index (χ4n) is 3.74. The summed E-state index contributed by atoms with van der Waals surface area (Å²) in [7, 11) is 0. The van der Waals surface area contributed by atoms with Gasteiger partial charge < -0.3 is 9.47 Å². The van der Waals surface area contributed by atoms with E-state index in [1.54, 1.807) is 11.3 Å². The molecule has 2 atom stereocenters. The van der Waals surface area contributed by atoms with Crippen molar-refractivity contribution >= 4 is 17.0 Å². The van der Waals surface area contributed by atoms with Crippen LogP contribution in [0.5, 0.6) is 11.5 Å². The third kappa shape index (κ3) is 2.88. The minimum absolute atomic E-state index is 0.176. The van der Waals surface area contributed by atoms with Gasteiger partial charge in [0.2, 0.25) is 6.23 Å². The number of hydrogen-bond acceptors (Lipinski definition) is 5. The molecule has 0 unspecified atom stereocenters. The fraction of sp³-hybridized carbons (Fsp3) is 0.227. The van der Waals surface area contributed by atoms with Gasteiger partial charge in [-0.3, -0.25) is 0 Å². The van der Waals surface area contributed by atoms with Crippen LogP contribution in [-0.4, -0.2) is 17.3 Å². The number of hydrogen-bond donors (Lipinski definition) is 0. The Morgan fingerprint density at radius 2 is 1.96 bits per heavy atom. The van der Waals surface area contributed by atoms with Crippen LogP contribution in [0.2, 0.25) is 0 Å². The second-order valence-corrected chi connectivity index (χ2v) is 7.61. The summed E-state index contributed by atoms with van der Waals surface area (Å²) in [5.41, 5.74) is 3.43. The molecule has 0 aliphatic carbocycles. The summed E-state index contributed by atoms with van der Waals surface area (Å²) in [4.78, 5) is 1.17. The molecule has 3 aromatic rings. The van der Waals surface area contributed by atoms with Crippen LogP contribution in [0.1, 0.15) is 41.6 Å². The molecule has 2 aromatic carbocycles. The van der Waals surface area contributed by atoms with Crippen molar-refractivity contribution in [2.24, 2.45) is 5.10 Å². The van der Waals surface area contributed by atoms with Crippen molar-refractivity contribution in [3.63, 3.8) is 0 Å². The van der Waals surface area contributed by atoms with E-state index in [4.69, 9.17) is 14.6 Å². The van der Waals surface area contributed by atoms with Crippen LogP contribution in [0.15, 0.2) is 71.1 Å². The van der Waals surface area contributed by atoms with Crippen molar-refractivity contribution in [3.05, 3.63) is 82.0 Å². The van der Waals surface area contributed by atoms with Crippen LogP contribution in [-0.2, 0) is 0 Å². The normalized spacial score (nSPS) is 20.5. The Bertz CT molecular complexity index is 966. The molecule has 0 spiro atoms. The van der Waals surface area contributed by atoms with Gasteiger partial charge in [0.05, 0.1) is 23.2 Å². The van der Waals surface area contributed by atoms with Crippen molar-refractivity contribution < 1.29 is 9.47 Å². The van der Waals surface area contributed by atoms with Crippen LogP contribution >= 0.6 is 11.3 Å². The molecule has 2 aliphatic heterocycles. The average Bonchev–Trinajstić information content (AvgIpc) is 3.39. The second-order valence-electron chi connectivity index (χ2n) is 6.63. The van der Waals surface area contributed by atoms with Gasteiger partial charge in [-0.05, 0) is 54.3 Å². The van der Waals surface area contributed by atoms with E-state index in [1.807, 2.05) is 25.1 Å². The number of rotatable bonds is 4. The van der Waals surface area contributed by atoms with E-state index in [0.29, 0.717) is 6.61 Å². The predicted molar refractivity (Wildman–Crippen MR) is 107 cm³/mol. The van der Waals surface area contributed by atoms with Crippen LogP contribution in [0.3, 0.4) is 0 Å². The molecule has 0 saturated carbocycles. The number of para-hydroxylation sites is 1. The van der Waals surface area contributed by atoms with Gasteiger partial charge in [0, 0.05) is 12.0 Å². The molecule has 136 valence electrons. The first kappa shape index (κ1) is 16.4. The summed E-state index contributed by atoms with van der Waals surface area (Å²) < 4.78 is 11.9. The molecule has 0 radical (unpaired) electrons. The summed E-state index contributed by atoms with van der Waals surface area (Å²) in [6.07, 6.45) is 0.695. The molecule has 5 heteroatoms. The number of benzene rings is 2. The highest BCUT2D eigenvalue weighted by Gasteiger charge is 2.41. The minimum Gasteiger partial charge on any atom is -0.494 e. The van der Waals surface area contributed by atoms with Gasteiger partial charge >= 0.3 is 0 Å². The van der Waals surface area contributed by atoms with Crippen molar-refractivity contribution in [2.45, 2.75) is 25.6 Å². The Labute approximate surface area is 162 Å². The standard InChI is InChI=1S/C22H20N2O2S/c1-2-25-16-11-9-15(10-12-16)18-14-19-17-6-3-4-7-20(17)26-22(24(19)23-18)21-8-5-13-27-21/h3-13,19,22H,2,14H2,1H3/t19-,22-/m1/s1. The Hall–Kier alpha value is -2.79. The lowest BCUT2D eigenvalue weighted by Crippen LogP contribution is -2.33. The lowest BCUT2D eigenvalue weighted by Gasteiger charge is -2.37. The third-order valence-electron chi connectivity index (χ3n) is 4.98. The second kappa shape index (κ2) is 6.74. The molecule has 27 heavy (non-hydrogen) atoms. The number of nitrogens with zero attached hydrogens (tertiary/aromatic N) is 2. The fourth-order valence-corrected chi connectivity index (χ4v) is 4.48. The van der Waals surface area contributed by atoms with Gasteiger partial charge in [-0.1, -0.05) is 24.3 Å². The maximum absolute atomic E-state index is 6.33. The maximum atomic E-state index is 6.33. The van der Waals surface area contributed by atoms with E-state index in [2.05, 4.69) is 52.9 Å². The molecule has 0 bridgehead atoms. The summed E-state index contributed by atoms with van der Waals surface area (Å²) in [6.45, 7) is 2.67. The lowest BCUT2D eigenvalue weighted by atomic mass is 9.96. The van der Waals surface area contributed by atoms with Gasteiger partial charge in [0.15, 0.2) is 0 Å². The minimum atomic E-state index is -0.176. The van der Waals surface area contributed by atoms with Crippen molar-refractivity contribution in [1.29, 1.82) is 0 Å². The van der Waals surface area contributed by atoms with Gasteiger partial charge in [0.25, 0.3) is 0 Å². The van der Waals surface area contributed by atoms with Crippen LogP contribution in [0.4, 0.5) is 0 Å². The first-order valence-corrected chi connectivity index (χ1v) is 10.1. The van der Waals surface area contributed by atoms with Crippen LogP contribution in [0, 0.1) is 0 Å². The zero-order valence-electron chi connectivity index (χ0n) is 15.0. The largest absolute Gasteiger partial charge is 0.494 e. The molecule has 0 fully saturated rings. The Balaban J connectivity index is 1.52. The van der Waals surface area contributed by atoms with Gasteiger partial charge in [-0.2, -0.15) is 5.10 Å². The van der Waals surface area contributed by atoms with E-state index >= 15 is 0 Å². The topological polar surface area (TPSA) is 34.1 Å². The molecular weight excluding hydrogens is 356 g/mol. The molecule has 2 aliphatic rings. The van der Waals surface area contributed by atoms with E-state index < -0.39 is 0 Å². The number of fused-ring (bicyclic) bond motifs is 3. The number of thiophene rings is 1. The van der Waals surface area contributed by atoms with E-state index in [-0.39, 0.29) is 12.3 Å². The monoisotopic (exact) mass is 376 g/mol. The maximum Gasteiger partial charge on any atom is 0.222 e. The first-order valence-electron chi connectivity index (χ1n) is 9.21. The Kier molecular flexibility index (Phi) is 4.09. The summed E-state index contributed by atoms with van der Waals surface area (Å²) >= 11 is 1.71. The highest BCUT2D eigenvalue weighted by Crippen LogP contribution is 2.48. The molecule has 0 saturated heterocycles. The molecular formula is C22H20N2O2S. The first-order chi connectivity index (χ1) is 13.3. The zero-order chi connectivity index (χ0) is 18.2. The van der Waals surface area contributed by atoms with Crippen molar-refractivity contribution in [2.75, 3.05) is 6.61 Å². The van der Waals surface area contributed by atoms with Gasteiger partial charge in [-0.25, -0.2) is 5.01 Å². The number of hydrazone groups is 1. The number of ether oxygens (including phenoxy) is 2. The van der Waals surface area contributed by atoms with Crippen LogP contribution < -0.4 is 9.47 Å². The summed E-state index contributed by atoms with van der Waals surface area (Å²) in [5, 5.41) is 9.19. The SMILES string of the molecule is CCOc1ccc(C2=NN3[C@H](C2)c2ccccc2O[C@@H]3c2cccs2)cc1. The average molecular weight is 376 g/mol. The Morgan fingerprint density at radius 1 is 1.11 bits per heavy atom. The predicted octanol–water partition coefficient (Wildman–Crippen LogP) is 5.39. The summed E-state index contributed by atoms with van der Waals surface area (Å²) in [5.74, 6) is 1.85. The molecule has 1 aromatic heterocycles. The van der Waals surface area contributed by atoms with Gasteiger partial charge in [-0.15, -0.1) is 11.3 Å². The smallest absolute Gasteiger partial charge is 0.222 e. The van der Waals surface area contributed by atoms with Crippen LogP contribution in [0.25, 0.3) is 0 Å². The van der Waals surface area contributed by atoms with Crippen molar-refractivity contribution in [3.8, 4) is 11.5 Å². The van der Waals surface area contributed by atoms with E-state index in [0.717, 1.165) is 29.2 Å². The molecule has 3 heterocycles. The lowest BCUT2D eigenvalue weighted by molar-refractivity contribution is -0.0165. The molecule has 0 amide bonds. The highest BCUT2D eigenvalue weighted by molar-refractivity contribution is 7.10. The quantitative estimate of drug-likeness (QED) is 0.612. The van der Waals surface area contributed by atoms with Crippen molar-refractivity contribution in [1.82, 2.24) is 5.01 Å². The Morgan fingerprint density at radius 3 is 2.74 bits per heavy atom. The molecule has 4 nitrogen and oxygen atoms in total. The molecule has 5 rings (SSSR count). The summed E-state index contributed by atoms with van der Waals surface area (Å²) in [6, 6.07) is 20.9. The van der Waals surface area contributed by atoms with E-state index in [9.17, 15) is 0 Å². The molecule has 0 N–H and O–H groups in total. The third-order valence-corrected chi connectivity index (χ3v) is 5.89. The highest BCUT2D eigenvalue weighted by atomic mass is 32.1. The van der Waals surface area contributed by atoms with E-state index in [1.165, 1.54) is 10.4 Å². The zero-order valence-corrected chi connectivity index (χ0v) is 15.9.